The van der Waals surface area contributed by atoms with Gasteiger partial charge in [0.25, 0.3) is 5.91 Å². The summed E-state index contributed by atoms with van der Waals surface area (Å²) in [6, 6.07) is 3.83. The normalized spacial score (nSPS) is 18.2. The molecule has 1 aromatic carbocycles. The molecule has 2 amide bonds. The number of carbonyl (C=O) groups excluding carboxylic acids is 2. The maximum Gasteiger partial charge on any atom is 0.387 e. The predicted octanol–water partition coefficient (Wildman–Crippen LogP) is 3.07. The molecule has 1 heterocycles. The summed E-state index contributed by atoms with van der Waals surface area (Å²) < 4.78 is 36.0. The largest absolute Gasteiger partial charge is 0.433 e. The molecular formula is C24H36F2N4O4. The van der Waals surface area contributed by atoms with Crippen LogP contribution in [0, 0.1) is 11.3 Å². The van der Waals surface area contributed by atoms with Gasteiger partial charge >= 0.3 is 6.61 Å². The second-order valence-corrected chi connectivity index (χ2v) is 10.2. The summed E-state index contributed by atoms with van der Waals surface area (Å²) in [6.07, 6.45) is 3.50. The van der Waals surface area contributed by atoms with Gasteiger partial charge in [0, 0.05) is 37.9 Å². The van der Waals surface area contributed by atoms with Gasteiger partial charge in [0.05, 0.1) is 12.3 Å². The van der Waals surface area contributed by atoms with E-state index >= 15 is 0 Å². The third-order valence-electron chi connectivity index (χ3n) is 6.08. The Morgan fingerprint density at radius 3 is 2.65 bits per heavy atom. The van der Waals surface area contributed by atoms with Gasteiger partial charge in [0.15, 0.2) is 5.75 Å². The van der Waals surface area contributed by atoms with Gasteiger partial charge in [-0.3, -0.25) is 14.5 Å². The molecule has 34 heavy (non-hydrogen) atoms. The summed E-state index contributed by atoms with van der Waals surface area (Å²) >= 11 is 0. The van der Waals surface area contributed by atoms with Crippen LogP contribution in [0.1, 0.15) is 40.0 Å². The van der Waals surface area contributed by atoms with Crippen LogP contribution in [0.25, 0.3) is 0 Å². The summed E-state index contributed by atoms with van der Waals surface area (Å²) in [6.45, 7) is 5.29. The molecule has 8 nitrogen and oxygen atoms in total. The van der Waals surface area contributed by atoms with Crippen molar-refractivity contribution in [1.82, 2.24) is 4.90 Å². The Morgan fingerprint density at radius 2 is 2.09 bits per heavy atom. The zero-order valence-electron chi connectivity index (χ0n) is 20.2. The average Bonchev–Trinajstić information content (AvgIpc) is 2.70. The van der Waals surface area contributed by atoms with Crippen LogP contribution in [0.3, 0.4) is 0 Å². The van der Waals surface area contributed by atoms with E-state index in [1.165, 1.54) is 23.5 Å². The molecule has 0 unspecified atom stereocenters. The summed E-state index contributed by atoms with van der Waals surface area (Å²) in [5, 5.41) is 2.81. The second-order valence-electron chi connectivity index (χ2n) is 10.2. The maximum absolute atomic E-state index is 13.2. The first-order valence-electron chi connectivity index (χ1n) is 11.8. The Bertz CT molecular complexity index is 858. The van der Waals surface area contributed by atoms with E-state index in [2.05, 4.69) is 35.7 Å². The van der Waals surface area contributed by atoms with E-state index in [-0.39, 0.29) is 48.4 Å². The monoisotopic (exact) mass is 482 g/mol. The van der Waals surface area contributed by atoms with Crippen molar-refractivity contribution < 1.29 is 27.8 Å². The number of nitrogens with two attached hydrogens (primary N) is 1. The Hall–Kier alpha value is -2.30. The molecule has 3 rings (SSSR count). The van der Waals surface area contributed by atoms with Crippen LogP contribution < -0.4 is 20.7 Å². The number of nitrogens with zero attached hydrogens (tertiary/aromatic N) is 2. The quantitative estimate of drug-likeness (QED) is 0.532. The zero-order chi connectivity index (χ0) is 24.9. The first-order valence-corrected chi connectivity index (χ1v) is 11.8. The number of rotatable bonds is 10. The molecule has 0 spiro atoms. The summed E-state index contributed by atoms with van der Waals surface area (Å²) in [5.74, 6) is -0.280. The molecule has 10 heteroatoms. The van der Waals surface area contributed by atoms with Gasteiger partial charge < -0.3 is 25.4 Å². The fourth-order valence-electron chi connectivity index (χ4n) is 4.34. The highest BCUT2D eigenvalue weighted by Gasteiger charge is 2.32. The second kappa shape index (κ2) is 11.4. The lowest BCUT2D eigenvalue weighted by Crippen LogP contribution is -2.53. The van der Waals surface area contributed by atoms with Crippen LogP contribution in [-0.2, 0) is 14.3 Å². The van der Waals surface area contributed by atoms with Crippen molar-refractivity contribution in [3.63, 3.8) is 0 Å². The van der Waals surface area contributed by atoms with E-state index in [1.54, 1.807) is 6.07 Å². The van der Waals surface area contributed by atoms with Gasteiger partial charge in [0.1, 0.15) is 12.6 Å². The van der Waals surface area contributed by atoms with Crippen LogP contribution in [-0.4, -0.2) is 68.8 Å². The van der Waals surface area contributed by atoms with Crippen molar-refractivity contribution in [1.29, 1.82) is 0 Å². The summed E-state index contributed by atoms with van der Waals surface area (Å²) in [5.41, 5.74) is 6.51. The van der Waals surface area contributed by atoms with E-state index in [0.29, 0.717) is 24.8 Å². The minimum absolute atomic E-state index is 0.0257. The van der Waals surface area contributed by atoms with Crippen molar-refractivity contribution in [2.75, 3.05) is 49.6 Å². The molecule has 1 aliphatic carbocycles. The highest BCUT2D eigenvalue weighted by molar-refractivity contribution is 5.98. The van der Waals surface area contributed by atoms with E-state index < -0.39 is 12.7 Å². The van der Waals surface area contributed by atoms with E-state index in [4.69, 9.17) is 10.5 Å². The molecular weight excluding hydrogens is 446 g/mol. The number of benzene rings is 1. The molecule has 0 bridgehead atoms. The molecule has 1 aliphatic heterocycles. The van der Waals surface area contributed by atoms with Crippen molar-refractivity contribution in [3.05, 3.63) is 18.2 Å². The zero-order valence-corrected chi connectivity index (χ0v) is 20.2. The van der Waals surface area contributed by atoms with Gasteiger partial charge in [-0.2, -0.15) is 8.78 Å². The van der Waals surface area contributed by atoms with Gasteiger partial charge in [-0.05, 0) is 36.3 Å². The molecule has 0 aromatic heterocycles. The number of amides is 2. The molecule has 3 N–H and O–H groups in total. The Balaban J connectivity index is 1.79. The molecule has 1 saturated heterocycles. The highest BCUT2D eigenvalue weighted by Crippen LogP contribution is 2.34. The first-order chi connectivity index (χ1) is 16.1. The fourth-order valence-corrected chi connectivity index (χ4v) is 4.34. The maximum atomic E-state index is 13.2. The smallest absolute Gasteiger partial charge is 0.387 e. The number of hydrogen-bond acceptors (Lipinski definition) is 6. The first kappa shape index (κ1) is 26.3. The van der Waals surface area contributed by atoms with E-state index in [1.807, 2.05) is 0 Å². The van der Waals surface area contributed by atoms with Crippen LogP contribution in [0.2, 0.25) is 0 Å². The minimum Gasteiger partial charge on any atom is -0.433 e. The number of hydrogen-bond donors (Lipinski definition) is 2. The number of ether oxygens (including phenoxy) is 2. The number of morpholine rings is 1. The van der Waals surface area contributed by atoms with Crippen LogP contribution in [0.4, 0.5) is 20.2 Å². The molecule has 2 fully saturated rings. The van der Waals surface area contributed by atoms with Crippen molar-refractivity contribution in [2.24, 2.45) is 17.1 Å². The number of carbonyl (C=O) groups is 2. The highest BCUT2D eigenvalue weighted by atomic mass is 19.3. The minimum atomic E-state index is -3.08. The molecule has 190 valence electrons. The van der Waals surface area contributed by atoms with Gasteiger partial charge in [0.2, 0.25) is 5.91 Å². The third kappa shape index (κ3) is 7.10. The lowest BCUT2D eigenvalue weighted by atomic mass is 9.84. The topological polar surface area (TPSA) is 97.1 Å². The average molecular weight is 483 g/mol. The Morgan fingerprint density at radius 1 is 1.35 bits per heavy atom. The lowest BCUT2D eigenvalue weighted by Gasteiger charge is -2.39. The van der Waals surface area contributed by atoms with Crippen LogP contribution in [0.15, 0.2) is 18.2 Å². The number of halogens is 2. The number of alkyl halides is 2. The Kier molecular flexibility index (Phi) is 8.83. The standard InChI is InChI=1S/C24H36F2N4O4/c1-24(2,3)15-29(13-16-5-4-6-16)19(12-27)22(32)28-17-7-8-18(20(11-17)34-23(25)26)30-9-10-33-14-21(30)31/h7-8,11,16,19,23H,4-6,9-10,12-15,27H2,1-3H3,(H,28,32)/t19-/m0/s1. The number of nitrogens with one attached hydrogen (secondary N) is 1. The van der Waals surface area contributed by atoms with Gasteiger partial charge in [-0.1, -0.05) is 27.2 Å². The molecule has 1 atom stereocenters. The third-order valence-corrected chi connectivity index (χ3v) is 6.08. The van der Waals surface area contributed by atoms with Crippen molar-refractivity contribution in [3.8, 4) is 5.75 Å². The SMILES string of the molecule is CC(C)(C)CN(CC1CCC1)[C@@H](CN)C(=O)Nc1ccc(N2CCOCC2=O)c(OC(F)F)c1. The van der Waals surface area contributed by atoms with E-state index in [0.717, 1.165) is 19.4 Å². The summed E-state index contributed by atoms with van der Waals surface area (Å²) in [7, 11) is 0. The van der Waals surface area contributed by atoms with Gasteiger partial charge in [-0.15, -0.1) is 0 Å². The van der Waals surface area contributed by atoms with E-state index in [9.17, 15) is 18.4 Å². The molecule has 1 aromatic rings. The molecule has 1 saturated carbocycles. The number of anilines is 2. The Labute approximate surface area is 199 Å². The van der Waals surface area contributed by atoms with Crippen molar-refractivity contribution >= 4 is 23.2 Å². The lowest BCUT2D eigenvalue weighted by molar-refractivity contribution is -0.126. The summed E-state index contributed by atoms with van der Waals surface area (Å²) in [4.78, 5) is 28.9. The predicted molar refractivity (Wildman–Crippen MR) is 126 cm³/mol. The molecule has 0 radical (unpaired) electrons. The van der Waals surface area contributed by atoms with Crippen LogP contribution in [0.5, 0.6) is 5.75 Å². The molecule has 2 aliphatic rings. The van der Waals surface area contributed by atoms with Crippen LogP contribution >= 0.6 is 0 Å². The fraction of sp³-hybridized carbons (Fsp3) is 0.667. The van der Waals surface area contributed by atoms with Crippen molar-refractivity contribution in [2.45, 2.75) is 52.7 Å². The van der Waals surface area contributed by atoms with Gasteiger partial charge in [-0.25, -0.2) is 0 Å².